The molecule has 0 atom stereocenters. The molecule has 0 spiro atoms. The highest BCUT2D eigenvalue weighted by Crippen LogP contribution is 2.36. The van der Waals surface area contributed by atoms with E-state index in [4.69, 9.17) is 16.4 Å². The van der Waals surface area contributed by atoms with Crippen molar-refractivity contribution in [2.24, 2.45) is 0 Å². The van der Waals surface area contributed by atoms with E-state index in [2.05, 4.69) is 26.1 Å². The smallest absolute Gasteiger partial charge is 0.308 e. The van der Waals surface area contributed by atoms with Gasteiger partial charge in [-0.2, -0.15) is 13.2 Å². The number of alkyl halides is 3. The Morgan fingerprint density at radius 1 is 1.06 bits per heavy atom. The van der Waals surface area contributed by atoms with E-state index in [1.165, 1.54) is 24.0 Å². The number of carbonyl (C=O) groups is 2. The first kappa shape index (κ1) is 25.3. The van der Waals surface area contributed by atoms with E-state index in [0.717, 1.165) is 17.0 Å². The second-order valence-electron chi connectivity index (χ2n) is 6.48. The number of hydroxylamine groups is 1. The second-order valence-corrected chi connectivity index (χ2v) is 7.98. The Bertz CT molecular complexity index is 1180. The molecule has 0 aliphatic carbocycles. The molecule has 0 bridgehead atoms. The first-order valence-electron chi connectivity index (χ1n) is 9.63. The van der Waals surface area contributed by atoms with E-state index in [1.54, 1.807) is 37.3 Å². The van der Waals surface area contributed by atoms with E-state index in [9.17, 15) is 22.8 Å². The third kappa shape index (κ3) is 7.07. The van der Waals surface area contributed by atoms with Gasteiger partial charge in [-0.3, -0.25) is 9.63 Å². The molecule has 0 saturated carbocycles. The van der Waals surface area contributed by atoms with Gasteiger partial charge in [-0.25, -0.2) is 20.2 Å². The fourth-order valence-electron chi connectivity index (χ4n) is 2.53. The van der Waals surface area contributed by atoms with E-state index in [1.807, 2.05) is 0 Å². The summed E-state index contributed by atoms with van der Waals surface area (Å²) < 4.78 is 38.9. The van der Waals surface area contributed by atoms with Gasteiger partial charge in [-0.1, -0.05) is 23.4 Å². The van der Waals surface area contributed by atoms with Crippen molar-refractivity contribution in [3.63, 3.8) is 0 Å². The maximum Gasteiger partial charge on any atom is 0.417 e. The Labute approximate surface area is 201 Å². The van der Waals surface area contributed by atoms with Gasteiger partial charge in [0.25, 0.3) is 0 Å². The molecule has 0 aliphatic heterocycles. The molecule has 34 heavy (non-hydrogen) atoms. The number of anilines is 2. The summed E-state index contributed by atoms with van der Waals surface area (Å²) in [5.74, 6) is -0.623. The number of halogens is 4. The van der Waals surface area contributed by atoms with Gasteiger partial charge in [0.1, 0.15) is 5.03 Å². The van der Waals surface area contributed by atoms with Crippen LogP contribution in [0.25, 0.3) is 0 Å². The summed E-state index contributed by atoms with van der Waals surface area (Å²) in [4.78, 5) is 37.7. The molecule has 0 saturated heterocycles. The van der Waals surface area contributed by atoms with Crippen molar-refractivity contribution < 1.29 is 27.6 Å². The van der Waals surface area contributed by atoms with E-state index in [0.29, 0.717) is 17.3 Å². The van der Waals surface area contributed by atoms with Crippen LogP contribution in [0.3, 0.4) is 0 Å². The summed E-state index contributed by atoms with van der Waals surface area (Å²) in [6.45, 7) is 2.02. The predicted octanol–water partition coefficient (Wildman–Crippen LogP) is 5.63. The number of rotatable bonds is 7. The Morgan fingerprint density at radius 2 is 1.74 bits per heavy atom. The zero-order chi connectivity index (χ0) is 24.7. The number of benzene rings is 2. The molecule has 0 fully saturated rings. The number of carbonyl (C=O) groups excluding carboxylic acids is 2. The van der Waals surface area contributed by atoms with Crippen molar-refractivity contribution in [1.82, 2.24) is 15.4 Å². The highest BCUT2D eigenvalue weighted by atomic mass is 35.5. The molecule has 3 N–H and O–H groups in total. The molecule has 1 heterocycles. The minimum Gasteiger partial charge on any atom is -0.308 e. The SMILES string of the molecule is CCONC(=O)c1nccc(Sc2ccc(NC(=O)Nc3ccc(Cl)c(C(F)(F)F)c3)cc2)n1. The standard InChI is InChI=1S/C21H17ClF3N5O3S/c1-2-33-30-19(31)18-26-10-9-17(29-18)34-14-6-3-12(4-7-14)27-20(32)28-13-5-8-16(22)15(11-13)21(23,24)25/h3-11H,2H2,1H3,(H,30,31)(H2,27,28,32). The summed E-state index contributed by atoms with van der Waals surface area (Å²) >= 11 is 6.84. The number of aromatic nitrogens is 2. The van der Waals surface area contributed by atoms with Gasteiger partial charge in [0, 0.05) is 22.5 Å². The molecule has 3 amide bonds. The highest BCUT2D eigenvalue weighted by molar-refractivity contribution is 7.99. The molecule has 178 valence electrons. The summed E-state index contributed by atoms with van der Waals surface area (Å²) in [5.41, 5.74) is 1.52. The van der Waals surface area contributed by atoms with Gasteiger partial charge < -0.3 is 10.6 Å². The van der Waals surface area contributed by atoms with Crippen LogP contribution >= 0.6 is 23.4 Å². The van der Waals surface area contributed by atoms with Crippen molar-refractivity contribution >= 4 is 46.7 Å². The molecule has 0 aliphatic rings. The third-order valence-electron chi connectivity index (χ3n) is 4.01. The molecular weight excluding hydrogens is 495 g/mol. The van der Waals surface area contributed by atoms with E-state index in [-0.39, 0.29) is 11.5 Å². The highest BCUT2D eigenvalue weighted by Gasteiger charge is 2.33. The predicted molar refractivity (Wildman–Crippen MR) is 121 cm³/mol. The first-order valence-corrected chi connectivity index (χ1v) is 10.8. The maximum absolute atomic E-state index is 13.0. The van der Waals surface area contributed by atoms with Gasteiger partial charge >= 0.3 is 18.1 Å². The molecular formula is C21H17ClF3N5O3S. The molecule has 8 nitrogen and oxygen atoms in total. The van der Waals surface area contributed by atoms with Gasteiger partial charge in [-0.15, -0.1) is 0 Å². The van der Waals surface area contributed by atoms with Crippen molar-refractivity contribution in [2.45, 2.75) is 23.0 Å². The lowest BCUT2D eigenvalue weighted by Gasteiger charge is -2.12. The van der Waals surface area contributed by atoms with Crippen molar-refractivity contribution in [3.8, 4) is 0 Å². The van der Waals surface area contributed by atoms with Crippen molar-refractivity contribution in [2.75, 3.05) is 17.2 Å². The van der Waals surface area contributed by atoms with Gasteiger partial charge in [0.05, 0.1) is 17.2 Å². The topological polar surface area (TPSA) is 105 Å². The van der Waals surface area contributed by atoms with Crippen molar-refractivity contribution in [3.05, 3.63) is 71.1 Å². The normalized spacial score (nSPS) is 11.1. The largest absolute Gasteiger partial charge is 0.417 e. The zero-order valence-electron chi connectivity index (χ0n) is 17.4. The number of urea groups is 1. The van der Waals surface area contributed by atoms with Crippen LogP contribution < -0.4 is 16.1 Å². The Balaban J connectivity index is 1.60. The average Bonchev–Trinajstić information content (AvgIpc) is 2.79. The summed E-state index contributed by atoms with van der Waals surface area (Å²) in [6.07, 6.45) is -3.20. The Morgan fingerprint density at radius 3 is 2.41 bits per heavy atom. The molecule has 1 aromatic heterocycles. The molecule has 13 heteroatoms. The fraction of sp³-hybridized carbons (Fsp3) is 0.143. The minimum atomic E-state index is -4.64. The Hall–Kier alpha value is -3.35. The van der Waals surface area contributed by atoms with Crippen LogP contribution in [0.5, 0.6) is 0 Å². The lowest BCUT2D eigenvalue weighted by molar-refractivity contribution is -0.137. The monoisotopic (exact) mass is 511 g/mol. The van der Waals surface area contributed by atoms with Crippen LogP contribution in [0, 0.1) is 0 Å². The van der Waals surface area contributed by atoms with Crippen LogP contribution in [0.4, 0.5) is 29.3 Å². The number of amides is 3. The van der Waals surface area contributed by atoms with Crippen LogP contribution in [0.2, 0.25) is 5.02 Å². The van der Waals surface area contributed by atoms with Crippen LogP contribution in [0.15, 0.2) is 64.6 Å². The van der Waals surface area contributed by atoms with Crippen LogP contribution in [-0.2, 0) is 11.0 Å². The van der Waals surface area contributed by atoms with Gasteiger partial charge in [0.2, 0.25) is 5.82 Å². The fourth-order valence-corrected chi connectivity index (χ4v) is 3.53. The number of nitrogens with zero attached hydrogens (tertiary/aromatic N) is 2. The molecule has 2 aromatic carbocycles. The number of hydrogen-bond acceptors (Lipinski definition) is 6. The van der Waals surface area contributed by atoms with Gasteiger partial charge in [0.15, 0.2) is 0 Å². The molecule has 3 rings (SSSR count). The van der Waals surface area contributed by atoms with Crippen LogP contribution in [0.1, 0.15) is 23.1 Å². The molecule has 0 radical (unpaired) electrons. The lowest BCUT2D eigenvalue weighted by Crippen LogP contribution is -2.25. The quantitative estimate of drug-likeness (QED) is 0.281. The van der Waals surface area contributed by atoms with Crippen LogP contribution in [-0.4, -0.2) is 28.5 Å². The zero-order valence-corrected chi connectivity index (χ0v) is 19.0. The average molecular weight is 512 g/mol. The summed E-state index contributed by atoms with van der Waals surface area (Å²) in [5, 5.41) is 4.92. The Kier molecular flexibility index (Phi) is 8.31. The summed E-state index contributed by atoms with van der Waals surface area (Å²) in [6, 6.07) is 10.6. The van der Waals surface area contributed by atoms with Crippen molar-refractivity contribution in [1.29, 1.82) is 0 Å². The molecule has 3 aromatic rings. The summed E-state index contributed by atoms with van der Waals surface area (Å²) in [7, 11) is 0. The number of nitrogens with one attached hydrogen (secondary N) is 3. The van der Waals surface area contributed by atoms with E-state index < -0.39 is 28.7 Å². The van der Waals surface area contributed by atoms with E-state index >= 15 is 0 Å². The van der Waals surface area contributed by atoms with Gasteiger partial charge in [-0.05, 0) is 55.5 Å². The maximum atomic E-state index is 13.0. The first-order chi connectivity index (χ1) is 16.2. The minimum absolute atomic E-state index is 0.0516. The number of hydrogen-bond donors (Lipinski definition) is 3. The second kappa shape index (κ2) is 11.2. The molecule has 0 unspecified atom stereocenters. The lowest BCUT2D eigenvalue weighted by atomic mass is 10.2. The third-order valence-corrected chi connectivity index (χ3v) is 5.28.